The predicted molar refractivity (Wildman–Crippen MR) is 106 cm³/mol. The van der Waals surface area contributed by atoms with Gasteiger partial charge in [0.15, 0.2) is 0 Å². The molecule has 1 heterocycles. The standard InChI is InChI=1S/C21H23ClFNS/c1-20(2,3)16-8-6-13(18(22)19(16)23)11-21(4,5)15-7-9-17-14(10-15)12-24-25-17/h6-10,12H,11H2,1-5H3. The summed E-state index contributed by atoms with van der Waals surface area (Å²) in [6, 6.07) is 10.3. The molecule has 132 valence electrons. The maximum atomic E-state index is 14.8. The Kier molecular flexibility index (Phi) is 4.67. The zero-order valence-corrected chi connectivity index (χ0v) is 16.9. The lowest BCUT2D eigenvalue weighted by Gasteiger charge is -2.27. The highest BCUT2D eigenvalue weighted by Gasteiger charge is 2.26. The number of hydrogen-bond donors (Lipinski definition) is 0. The number of fused-ring (bicyclic) bond motifs is 1. The first-order valence-electron chi connectivity index (χ1n) is 8.42. The summed E-state index contributed by atoms with van der Waals surface area (Å²) in [5.74, 6) is -0.292. The minimum absolute atomic E-state index is 0.157. The summed E-state index contributed by atoms with van der Waals surface area (Å²) in [6.45, 7) is 10.3. The van der Waals surface area contributed by atoms with E-state index in [1.165, 1.54) is 21.8 Å². The molecule has 0 saturated carbocycles. The molecule has 1 aromatic heterocycles. The molecule has 0 aliphatic carbocycles. The summed E-state index contributed by atoms with van der Waals surface area (Å²) in [6.07, 6.45) is 2.57. The Morgan fingerprint density at radius 2 is 1.80 bits per heavy atom. The first-order chi connectivity index (χ1) is 11.6. The van der Waals surface area contributed by atoms with Crippen LogP contribution in [0.5, 0.6) is 0 Å². The molecule has 0 aliphatic heterocycles. The Bertz CT molecular complexity index is 921. The molecule has 0 spiro atoms. The van der Waals surface area contributed by atoms with Crippen molar-refractivity contribution in [3.63, 3.8) is 0 Å². The average Bonchev–Trinajstić information content (AvgIpc) is 2.98. The van der Waals surface area contributed by atoms with Crippen LogP contribution < -0.4 is 0 Å². The molecule has 1 nitrogen and oxygen atoms in total. The van der Waals surface area contributed by atoms with Gasteiger partial charge in [-0.15, -0.1) is 0 Å². The molecule has 0 amide bonds. The normalized spacial score (nSPS) is 12.8. The van der Waals surface area contributed by atoms with Gasteiger partial charge in [-0.2, -0.15) is 4.37 Å². The first kappa shape index (κ1) is 18.3. The van der Waals surface area contributed by atoms with Gasteiger partial charge in [-0.25, -0.2) is 4.39 Å². The lowest BCUT2D eigenvalue weighted by atomic mass is 9.78. The van der Waals surface area contributed by atoms with Crippen LogP contribution in [0.25, 0.3) is 10.1 Å². The van der Waals surface area contributed by atoms with Crippen LogP contribution in [-0.2, 0) is 17.3 Å². The SMILES string of the molecule is CC(C)(C)c1ccc(CC(C)(C)c2ccc3sncc3c2)c(Cl)c1F. The lowest BCUT2D eigenvalue weighted by Crippen LogP contribution is -2.21. The third-order valence-corrected chi connectivity index (χ3v) is 5.92. The summed E-state index contributed by atoms with van der Waals surface area (Å²) in [7, 11) is 0. The molecule has 0 atom stereocenters. The molecule has 0 bridgehead atoms. The van der Waals surface area contributed by atoms with Crippen molar-refractivity contribution in [1.29, 1.82) is 0 Å². The molecule has 0 radical (unpaired) electrons. The van der Waals surface area contributed by atoms with E-state index in [0.717, 1.165) is 10.9 Å². The Morgan fingerprint density at radius 1 is 1.08 bits per heavy atom. The number of aromatic nitrogens is 1. The van der Waals surface area contributed by atoms with Gasteiger partial charge in [0.25, 0.3) is 0 Å². The molecule has 25 heavy (non-hydrogen) atoms. The summed E-state index contributed by atoms with van der Waals surface area (Å²) in [5, 5.41) is 1.40. The summed E-state index contributed by atoms with van der Waals surface area (Å²) >= 11 is 7.89. The maximum absolute atomic E-state index is 14.8. The zero-order chi connectivity index (χ0) is 18.4. The van der Waals surface area contributed by atoms with Crippen LogP contribution in [0.15, 0.2) is 36.5 Å². The van der Waals surface area contributed by atoms with E-state index in [1.54, 1.807) is 0 Å². The second kappa shape index (κ2) is 6.37. The van der Waals surface area contributed by atoms with E-state index < -0.39 is 0 Å². The van der Waals surface area contributed by atoms with Crippen LogP contribution in [0, 0.1) is 5.82 Å². The smallest absolute Gasteiger partial charge is 0.145 e. The Hall–Kier alpha value is -1.45. The van der Waals surface area contributed by atoms with Crippen LogP contribution in [0.4, 0.5) is 4.39 Å². The van der Waals surface area contributed by atoms with Crippen molar-refractivity contribution in [2.24, 2.45) is 0 Å². The van der Waals surface area contributed by atoms with Crippen LogP contribution in [0.3, 0.4) is 0 Å². The molecule has 0 aliphatic rings. The fraction of sp³-hybridized carbons (Fsp3) is 0.381. The molecule has 2 aromatic carbocycles. The third kappa shape index (κ3) is 3.58. The van der Waals surface area contributed by atoms with E-state index >= 15 is 0 Å². The Labute approximate surface area is 158 Å². The molecule has 3 aromatic rings. The Morgan fingerprint density at radius 3 is 2.48 bits per heavy atom. The van der Waals surface area contributed by atoms with Crippen LogP contribution >= 0.6 is 23.1 Å². The summed E-state index contributed by atoms with van der Waals surface area (Å²) in [4.78, 5) is 0. The van der Waals surface area contributed by atoms with Gasteiger partial charge in [-0.05, 0) is 57.6 Å². The molecule has 0 saturated heterocycles. The van der Waals surface area contributed by atoms with Crippen molar-refractivity contribution in [3.8, 4) is 0 Å². The fourth-order valence-electron chi connectivity index (χ4n) is 3.18. The monoisotopic (exact) mass is 375 g/mol. The van der Waals surface area contributed by atoms with E-state index in [-0.39, 0.29) is 21.7 Å². The van der Waals surface area contributed by atoms with Crippen LogP contribution in [0.1, 0.15) is 51.3 Å². The van der Waals surface area contributed by atoms with Crippen molar-refractivity contribution in [2.75, 3.05) is 0 Å². The van der Waals surface area contributed by atoms with Gasteiger partial charge >= 0.3 is 0 Å². The first-order valence-corrected chi connectivity index (χ1v) is 9.57. The molecule has 0 N–H and O–H groups in total. The van der Waals surface area contributed by atoms with E-state index in [9.17, 15) is 4.39 Å². The van der Waals surface area contributed by atoms with Gasteiger partial charge < -0.3 is 0 Å². The van der Waals surface area contributed by atoms with Gasteiger partial charge in [0.2, 0.25) is 0 Å². The van der Waals surface area contributed by atoms with Crippen molar-refractivity contribution in [2.45, 2.75) is 51.9 Å². The number of nitrogens with zero attached hydrogens (tertiary/aromatic N) is 1. The number of rotatable bonds is 3. The van der Waals surface area contributed by atoms with E-state index in [2.05, 4.69) is 36.4 Å². The van der Waals surface area contributed by atoms with Gasteiger partial charge in [0.1, 0.15) is 5.82 Å². The highest BCUT2D eigenvalue weighted by molar-refractivity contribution is 7.13. The Balaban J connectivity index is 1.96. The predicted octanol–water partition coefficient (Wildman–Crippen LogP) is 6.91. The highest BCUT2D eigenvalue weighted by Crippen LogP contribution is 2.36. The quantitative estimate of drug-likeness (QED) is 0.484. The number of hydrogen-bond acceptors (Lipinski definition) is 2. The average molecular weight is 376 g/mol. The zero-order valence-electron chi connectivity index (χ0n) is 15.3. The molecular weight excluding hydrogens is 353 g/mol. The van der Waals surface area contributed by atoms with Crippen molar-refractivity contribution >= 4 is 33.2 Å². The summed E-state index contributed by atoms with van der Waals surface area (Å²) in [5.41, 5.74) is 2.29. The second-order valence-electron chi connectivity index (χ2n) is 8.29. The number of halogens is 2. The topological polar surface area (TPSA) is 12.9 Å². The van der Waals surface area contributed by atoms with Crippen LogP contribution in [0.2, 0.25) is 5.02 Å². The fourth-order valence-corrected chi connectivity index (χ4v) is 4.03. The van der Waals surface area contributed by atoms with Gasteiger partial charge in [0, 0.05) is 11.6 Å². The lowest BCUT2D eigenvalue weighted by molar-refractivity contribution is 0.507. The summed E-state index contributed by atoms with van der Waals surface area (Å²) < 4.78 is 20.2. The highest BCUT2D eigenvalue weighted by atomic mass is 35.5. The third-order valence-electron chi connectivity index (χ3n) is 4.74. The molecule has 0 fully saturated rings. The van der Waals surface area contributed by atoms with Crippen molar-refractivity contribution in [1.82, 2.24) is 4.37 Å². The van der Waals surface area contributed by atoms with Gasteiger partial charge in [-0.3, -0.25) is 0 Å². The second-order valence-corrected chi connectivity index (χ2v) is 9.50. The van der Waals surface area contributed by atoms with Crippen molar-refractivity contribution in [3.05, 3.63) is 64.1 Å². The minimum atomic E-state index is -0.292. The van der Waals surface area contributed by atoms with E-state index in [0.29, 0.717) is 12.0 Å². The maximum Gasteiger partial charge on any atom is 0.145 e. The van der Waals surface area contributed by atoms with E-state index in [1.807, 2.05) is 39.1 Å². The molecule has 4 heteroatoms. The van der Waals surface area contributed by atoms with E-state index in [4.69, 9.17) is 11.6 Å². The molecule has 3 rings (SSSR count). The number of benzene rings is 2. The largest absolute Gasteiger partial charge is 0.205 e. The van der Waals surface area contributed by atoms with Crippen molar-refractivity contribution < 1.29 is 4.39 Å². The molecular formula is C21H23ClFNS. The minimum Gasteiger partial charge on any atom is -0.205 e. The van der Waals surface area contributed by atoms with Crippen LogP contribution in [-0.4, -0.2) is 4.37 Å². The van der Waals surface area contributed by atoms with Gasteiger partial charge in [-0.1, -0.05) is 64.4 Å². The van der Waals surface area contributed by atoms with Gasteiger partial charge in [0.05, 0.1) is 9.72 Å². The molecule has 0 unspecified atom stereocenters.